The van der Waals surface area contributed by atoms with Gasteiger partial charge < -0.3 is 9.52 Å². The van der Waals surface area contributed by atoms with Crippen molar-refractivity contribution in [3.05, 3.63) is 51.8 Å². The molecule has 1 aromatic heterocycles. The second kappa shape index (κ2) is 4.92. The summed E-state index contributed by atoms with van der Waals surface area (Å²) in [4.78, 5) is 10.2. The van der Waals surface area contributed by atoms with Crippen LogP contribution < -0.4 is 0 Å². The highest BCUT2D eigenvalue weighted by molar-refractivity contribution is 5.64. The van der Waals surface area contributed by atoms with Crippen molar-refractivity contribution in [2.45, 2.75) is 13.0 Å². The first-order valence-corrected chi connectivity index (χ1v) is 5.45. The molecule has 0 unspecified atom stereocenters. The van der Waals surface area contributed by atoms with Crippen LogP contribution in [0.5, 0.6) is 0 Å². The van der Waals surface area contributed by atoms with Gasteiger partial charge in [0.25, 0.3) is 5.69 Å². The number of hydrogen-bond donors (Lipinski definition) is 1. The first-order chi connectivity index (χ1) is 9.02. The summed E-state index contributed by atoms with van der Waals surface area (Å²) in [5.41, 5.74) is 1.37. The van der Waals surface area contributed by atoms with Crippen LogP contribution >= 0.6 is 0 Å². The Hall–Kier alpha value is -2.65. The molecule has 6 heteroatoms. The van der Waals surface area contributed by atoms with E-state index in [2.05, 4.69) is 0 Å². The third kappa shape index (κ3) is 2.46. The van der Waals surface area contributed by atoms with Crippen LogP contribution in [0.15, 0.2) is 34.7 Å². The van der Waals surface area contributed by atoms with Gasteiger partial charge in [-0.25, -0.2) is 0 Å². The second-order valence-corrected chi connectivity index (χ2v) is 3.99. The molecule has 19 heavy (non-hydrogen) atoms. The van der Waals surface area contributed by atoms with Crippen LogP contribution in [-0.2, 0) is 0 Å². The maximum Gasteiger partial charge on any atom is 0.269 e. The summed E-state index contributed by atoms with van der Waals surface area (Å²) in [6.45, 7) is 1.73. The maximum absolute atomic E-state index is 10.6. The summed E-state index contributed by atoms with van der Waals surface area (Å²) in [7, 11) is 0. The van der Waals surface area contributed by atoms with Gasteiger partial charge in [-0.3, -0.25) is 10.1 Å². The summed E-state index contributed by atoms with van der Waals surface area (Å²) in [5.74, 6) is 0.604. The van der Waals surface area contributed by atoms with E-state index in [4.69, 9.17) is 9.68 Å². The van der Waals surface area contributed by atoms with Crippen molar-refractivity contribution in [2.24, 2.45) is 0 Å². The molecule has 96 valence electrons. The van der Waals surface area contributed by atoms with E-state index in [0.717, 1.165) is 0 Å². The molecule has 0 spiro atoms. The van der Waals surface area contributed by atoms with Gasteiger partial charge in [0, 0.05) is 17.7 Å². The average Bonchev–Trinajstić information content (AvgIpc) is 2.87. The van der Waals surface area contributed by atoms with Crippen LogP contribution in [0, 0.1) is 28.4 Å². The number of aliphatic hydroxyl groups is 1. The molecule has 0 aliphatic carbocycles. The Balaban J connectivity index is 2.40. The predicted molar refractivity (Wildman–Crippen MR) is 66.1 cm³/mol. The number of nitriles is 1. The molecule has 0 radical (unpaired) electrons. The molecule has 0 amide bonds. The number of aliphatic hydroxyl groups excluding tert-OH is 1. The zero-order chi connectivity index (χ0) is 14.0. The smallest absolute Gasteiger partial charge is 0.269 e. The van der Waals surface area contributed by atoms with Gasteiger partial charge in [-0.15, -0.1) is 0 Å². The minimum atomic E-state index is -1.31. The number of nitrogens with zero attached hydrogens (tertiary/aromatic N) is 2. The summed E-state index contributed by atoms with van der Waals surface area (Å²) in [6.07, 6.45) is -1.31. The third-order valence-electron chi connectivity index (χ3n) is 2.70. The lowest BCUT2D eigenvalue weighted by atomic mass is 10.1. The zero-order valence-corrected chi connectivity index (χ0v) is 10.0. The molecule has 0 saturated heterocycles. The highest BCUT2D eigenvalue weighted by atomic mass is 16.6. The topological polar surface area (TPSA) is 100 Å². The van der Waals surface area contributed by atoms with Crippen molar-refractivity contribution in [1.82, 2.24) is 0 Å². The molecule has 1 N–H and O–H groups in total. The lowest BCUT2D eigenvalue weighted by molar-refractivity contribution is -0.384. The zero-order valence-electron chi connectivity index (χ0n) is 10.0. The fourth-order valence-corrected chi connectivity index (χ4v) is 1.75. The molecule has 1 atom stereocenters. The number of furan rings is 1. The Bertz CT molecular complexity index is 670. The molecular formula is C13H10N2O4. The summed E-state index contributed by atoms with van der Waals surface area (Å²) in [5, 5.41) is 28.6. The molecule has 6 nitrogen and oxygen atoms in total. The molecule has 0 aliphatic rings. The number of hydrogen-bond acceptors (Lipinski definition) is 5. The van der Waals surface area contributed by atoms with Crippen LogP contribution in [-0.4, -0.2) is 10.0 Å². The molecular weight excluding hydrogens is 248 g/mol. The number of nitro benzene ring substituents is 1. The lowest BCUT2D eigenvalue weighted by Gasteiger charge is -2.02. The van der Waals surface area contributed by atoms with Gasteiger partial charge in [-0.2, -0.15) is 5.26 Å². The Morgan fingerprint density at radius 2 is 2.16 bits per heavy atom. The van der Waals surface area contributed by atoms with Crippen molar-refractivity contribution in [3.8, 4) is 17.4 Å². The first kappa shape index (κ1) is 12.8. The van der Waals surface area contributed by atoms with E-state index < -0.39 is 11.0 Å². The first-order valence-electron chi connectivity index (χ1n) is 5.45. The second-order valence-electron chi connectivity index (χ2n) is 3.99. The summed E-state index contributed by atoms with van der Waals surface area (Å²) >= 11 is 0. The maximum atomic E-state index is 10.6. The quantitative estimate of drug-likeness (QED) is 0.518. The van der Waals surface area contributed by atoms with E-state index in [0.29, 0.717) is 16.9 Å². The van der Waals surface area contributed by atoms with Crippen LogP contribution in [0.3, 0.4) is 0 Å². The van der Waals surface area contributed by atoms with Crippen LogP contribution in [0.25, 0.3) is 11.3 Å². The number of rotatable bonds is 3. The molecule has 1 heterocycles. The largest absolute Gasteiger partial charge is 0.457 e. The molecule has 0 aliphatic heterocycles. The Morgan fingerprint density at radius 1 is 1.42 bits per heavy atom. The minimum absolute atomic E-state index is 0.00471. The van der Waals surface area contributed by atoms with E-state index in [1.165, 1.54) is 18.2 Å². The van der Waals surface area contributed by atoms with Crippen molar-refractivity contribution in [1.29, 1.82) is 5.26 Å². The average molecular weight is 258 g/mol. The number of non-ortho nitro benzene ring substituents is 1. The molecule has 0 bridgehead atoms. The molecule has 1 aromatic carbocycles. The monoisotopic (exact) mass is 258 g/mol. The van der Waals surface area contributed by atoms with Gasteiger partial charge in [0.2, 0.25) is 0 Å². The van der Waals surface area contributed by atoms with Gasteiger partial charge in [0.05, 0.1) is 4.92 Å². The normalized spacial score (nSPS) is 11.8. The van der Waals surface area contributed by atoms with Crippen molar-refractivity contribution in [3.63, 3.8) is 0 Å². The van der Waals surface area contributed by atoms with E-state index in [-0.39, 0.29) is 11.4 Å². The molecule has 2 rings (SSSR count). The van der Waals surface area contributed by atoms with Crippen LogP contribution in [0.4, 0.5) is 5.69 Å². The molecule has 0 fully saturated rings. The fourth-order valence-electron chi connectivity index (χ4n) is 1.75. The van der Waals surface area contributed by atoms with Gasteiger partial charge >= 0.3 is 0 Å². The van der Waals surface area contributed by atoms with E-state index in [1.807, 2.05) is 0 Å². The Morgan fingerprint density at radius 3 is 2.74 bits per heavy atom. The Labute approximate surface area is 108 Å². The van der Waals surface area contributed by atoms with E-state index in [9.17, 15) is 15.2 Å². The third-order valence-corrected chi connectivity index (χ3v) is 2.70. The fraction of sp³-hybridized carbons (Fsp3) is 0.154. The van der Waals surface area contributed by atoms with Crippen molar-refractivity contribution in [2.75, 3.05) is 0 Å². The standard InChI is InChI=1S/C13H10N2O4/c1-8-6-9(15(17)18)2-3-10(8)12-4-5-13(19-12)11(16)7-14/h2-6,11,16H,1H3/t11-/m0/s1. The minimum Gasteiger partial charge on any atom is -0.457 e. The van der Waals surface area contributed by atoms with Gasteiger partial charge in [-0.05, 0) is 30.7 Å². The summed E-state index contributed by atoms with van der Waals surface area (Å²) in [6, 6.07) is 9.18. The summed E-state index contributed by atoms with van der Waals surface area (Å²) < 4.78 is 5.36. The van der Waals surface area contributed by atoms with Gasteiger partial charge in [0.1, 0.15) is 17.6 Å². The van der Waals surface area contributed by atoms with Crippen LogP contribution in [0.2, 0.25) is 0 Å². The number of benzene rings is 1. The van der Waals surface area contributed by atoms with E-state index >= 15 is 0 Å². The van der Waals surface area contributed by atoms with Gasteiger partial charge in [0.15, 0.2) is 6.10 Å². The van der Waals surface area contributed by atoms with Crippen LogP contribution in [0.1, 0.15) is 17.4 Å². The number of nitro groups is 1. The molecule has 0 saturated carbocycles. The highest BCUT2D eigenvalue weighted by Gasteiger charge is 2.15. The molecule has 2 aromatic rings. The van der Waals surface area contributed by atoms with Crippen molar-refractivity contribution < 1.29 is 14.4 Å². The lowest BCUT2D eigenvalue weighted by Crippen LogP contribution is -1.90. The predicted octanol–water partition coefficient (Wildman–Crippen LogP) is 2.72. The number of aryl methyl sites for hydroxylation is 1. The Kier molecular flexibility index (Phi) is 3.31. The highest BCUT2D eigenvalue weighted by Crippen LogP contribution is 2.29. The van der Waals surface area contributed by atoms with E-state index in [1.54, 1.807) is 25.1 Å². The van der Waals surface area contributed by atoms with Gasteiger partial charge in [-0.1, -0.05) is 0 Å². The SMILES string of the molecule is Cc1cc([N+](=O)[O-])ccc1-c1ccc([C@@H](O)C#N)o1. The van der Waals surface area contributed by atoms with Crippen molar-refractivity contribution >= 4 is 5.69 Å².